The topological polar surface area (TPSA) is 84.7 Å². The number of piperidine rings is 1. The van der Waals surface area contributed by atoms with Crippen LogP contribution >= 0.6 is 0 Å². The molecule has 1 fully saturated rings. The number of hydrogen-bond donors (Lipinski definition) is 2. The van der Waals surface area contributed by atoms with Crippen molar-refractivity contribution in [3.05, 3.63) is 29.8 Å². The fourth-order valence-corrected chi connectivity index (χ4v) is 3.12. The lowest BCUT2D eigenvalue weighted by Crippen LogP contribution is -2.50. The highest BCUT2D eigenvalue weighted by atomic mass is 16.5. The largest absolute Gasteiger partial charge is 0.484 e. The van der Waals surface area contributed by atoms with Crippen LogP contribution in [0.1, 0.15) is 32.8 Å². The molecule has 25 heavy (non-hydrogen) atoms. The SMILES string of the molecule is CC(C)C(=O)N1CC[C@H](NCc2ccc(OCC(N)=O)cc2)[C@@H](C)C1. The van der Waals surface area contributed by atoms with Gasteiger partial charge in [0.05, 0.1) is 0 Å². The molecule has 1 saturated heterocycles. The van der Waals surface area contributed by atoms with Crippen molar-refractivity contribution in [1.82, 2.24) is 10.2 Å². The first kappa shape index (κ1) is 19.2. The Labute approximate surface area is 149 Å². The Kier molecular flexibility index (Phi) is 6.82. The number of carbonyl (C=O) groups excluding carboxylic acids is 2. The van der Waals surface area contributed by atoms with Crippen LogP contribution in [-0.2, 0) is 16.1 Å². The van der Waals surface area contributed by atoms with Gasteiger partial charge in [-0.25, -0.2) is 0 Å². The minimum absolute atomic E-state index is 0.0620. The van der Waals surface area contributed by atoms with E-state index in [1.807, 2.05) is 43.0 Å². The highest BCUT2D eigenvalue weighted by Crippen LogP contribution is 2.19. The van der Waals surface area contributed by atoms with E-state index in [4.69, 9.17) is 10.5 Å². The Morgan fingerprint density at radius 1 is 1.32 bits per heavy atom. The monoisotopic (exact) mass is 347 g/mol. The van der Waals surface area contributed by atoms with Gasteiger partial charge in [0.15, 0.2) is 6.61 Å². The van der Waals surface area contributed by atoms with Crippen LogP contribution in [0.5, 0.6) is 5.75 Å². The Bertz CT molecular complexity index is 586. The molecule has 1 heterocycles. The molecule has 0 aromatic heterocycles. The number of amides is 2. The average molecular weight is 347 g/mol. The normalized spacial score (nSPS) is 20.6. The molecule has 1 aliphatic rings. The van der Waals surface area contributed by atoms with Crippen LogP contribution in [0.15, 0.2) is 24.3 Å². The molecule has 6 heteroatoms. The van der Waals surface area contributed by atoms with Crippen molar-refractivity contribution in [3.63, 3.8) is 0 Å². The molecule has 1 aromatic carbocycles. The van der Waals surface area contributed by atoms with Gasteiger partial charge >= 0.3 is 0 Å². The third-order valence-electron chi connectivity index (χ3n) is 4.58. The fourth-order valence-electron chi connectivity index (χ4n) is 3.12. The number of ether oxygens (including phenoxy) is 1. The summed E-state index contributed by atoms with van der Waals surface area (Å²) in [6.45, 7) is 8.39. The molecule has 6 nitrogen and oxygen atoms in total. The molecule has 0 bridgehead atoms. The second-order valence-corrected chi connectivity index (χ2v) is 7.09. The van der Waals surface area contributed by atoms with Crippen molar-refractivity contribution < 1.29 is 14.3 Å². The first-order valence-electron chi connectivity index (χ1n) is 8.89. The Morgan fingerprint density at radius 3 is 2.56 bits per heavy atom. The van der Waals surface area contributed by atoms with Crippen molar-refractivity contribution in [3.8, 4) is 5.75 Å². The third kappa shape index (κ3) is 5.74. The van der Waals surface area contributed by atoms with E-state index >= 15 is 0 Å². The number of likely N-dealkylation sites (tertiary alicyclic amines) is 1. The lowest BCUT2D eigenvalue weighted by Gasteiger charge is -2.38. The Morgan fingerprint density at radius 2 is 2.00 bits per heavy atom. The van der Waals surface area contributed by atoms with Gasteiger partial charge in [0.25, 0.3) is 5.91 Å². The van der Waals surface area contributed by atoms with Gasteiger partial charge < -0.3 is 20.7 Å². The smallest absolute Gasteiger partial charge is 0.255 e. The molecule has 2 atom stereocenters. The van der Waals surface area contributed by atoms with Gasteiger partial charge in [-0.15, -0.1) is 0 Å². The van der Waals surface area contributed by atoms with E-state index in [1.165, 1.54) is 0 Å². The van der Waals surface area contributed by atoms with E-state index in [-0.39, 0.29) is 18.4 Å². The quantitative estimate of drug-likeness (QED) is 0.783. The molecular formula is C19H29N3O3. The van der Waals surface area contributed by atoms with Crippen LogP contribution in [-0.4, -0.2) is 42.5 Å². The van der Waals surface area contributed by atoms with Crippen LogP contribution in [0.3, 0.4) is 0 Å². The summed E-state index contributed by atoms with van der Waals surface area (Å²) in [6, 6.07) is 8.04. The number of hydrogen-bond acceptors (Lipinski definition) is 4. The molecule has 2 rings (SSSR count). The average Bonchev–Trinajstić information content (AvgIpc) is 2.59. The zero-order valence-electron chi connectivity index (χ0n) is 15.3. The zero-order valence-corrected chi connectivity index (χ0v) is 15.3. The van der Waals surface area contributed by atoms with Gasteiger partial charge in [0.1, 0.15) is 5.75 Å². The molecular weight excluding hydrogens is 318 g/mol. The first-order valence-corrected chi connectivity index (χ1v) is 8.89. The van der Waals surface area contributed by atoms with E-state index in [0.717, 1.165) is 31.6 Å². The molecule has 1 aromatic rings. The summed E-state index contributed by atoms with van der Waals surface area (Å²) in [4.78, 5) is 24.8. The molecule has 3 N–H and O–H groups in total. The van der Waals surface area contributed by atoms with E-state index in [0.29, 0.717) is 17.7 Å². The Hall–Kier alpha value is -2.08. The maximum Gasteiger partial charge on any atom is 0.255 e. The van der Waals surface area contributed by atoms with Gasteiger partial charge in [-0.3, -0.25) is 9.59 Å². The lowest BCUT2D eigenvalue weighted by molar-refractivity contribution is -0.136. The summed E-state index contributed by atoms with van der Waals surface area (Å²) in [5, 5.41) is 3.59. The van der Waals surface area contributed by atoms with Crippen molar-refractivity contribution in [1.29, 1.82) is 0 Å². The van der Waals surface area contributed by atoms with Gasteiger partial charge in [-0.2, -0.15) is 0 Å². The van der Waals surface area contributed by atoms with Crippen LogP contribution in [0, 0.1) is 11.8 Å². The number of nitrogens with zero attached hydrogens (tertiary/aromatic N) is 1. The molecule has 2 amide bonds. The van der Waals surface area contributed by atoms with E-state index in [1.54, 1.807) is 0 Å². The standard InChI is InChI=1S/C19H29N3O3/c1-13(2)19(24)22-9-8-17(14(3)11-22)21-10-15-4-6-16(7-5-15)25-12-18(20)23/h4-7,13-14,17,21H,8-12H2,1-3H3,(H2,20,23)/t14-,17-/m0/s1. The number of primary amides is 1. The maximum absolute atomic E-state index is 12.1. The minimum Gasteiger partial charge on any atom is -0.484 e. The molecule has 1 aliphatic heterocycles. The fraction of sp³-hybridized carbons (Fsp3) is 0.579. The summed E-state index contributed by atoms with van der Waals surface area (Å²) < 4.78 is 5.26. The second kappa shape index (κ2) is 8.85. The van der Waals surface area contributed by atoms with Crippen molar-refractivity contribution in [2.45, 2.75) is 39.8 Å². The predicted molar refractivity (Wildman–Crippen MR) is 97.0 cm³/mol. The lowest BCUT2D eigenvalue weighted by atomic mass is 9.93. The van der Waals surface area contributed by atoms with Crippen LogP contribution in [0.2, 0.25) is 0 Å². The molecule has 138 valence electrons. The summed E-state index contributed by atoms with van der Waals surface area (Å²) in [6.07, 6.45) is 0.972. The van der Waals surface area contributed by atoms with E-state index < -0.39 is 5.91 Å². The van der Waals surface area contributed by atoms with Gasteiger partial charge in [0, 0.05) is 31.6 Å². The number of nitrogens with one attached hydrogen (secondary N) is 1. The van der Waals surface area contributed by atoms with E-state index in [2.05, 4.69) is 12.2 Å². The predicted octanol–water partition coefficient (Wildman–Crippen LogP) is 1.53. The van der Waals surface area contributed by atoms with Crippen LogP contribution in [0.4, 0.5) is 0 Å². The van der Waals surface area contributed by atoms with Crippen molar-refractivity contribution >= 4 is 11.8 Å². The van der Waals surface area contributed by atoms with Crippen molar-refractivity contribution in [2.75, 3.05) is 19.7 Å². The summed E-state index contributed by atoms with van der Waals surface area (Å²) in [5.74, 6) is 0.886. The molecule has 0 radical (unpaired) electrons. The number of carbonyl (C=O) groups is 2. The second-order valence-electron chi connectivity index (χ2n) is 7.09. The zero-order chi connectivity index (χ0) is 18.4. The van der Waals surface area contributed by atoms with Gasteiger partial charge in [-0.1, -0.05) is 32.9 Å². The van der Waals surface area contributed by atoms with E-state index in [9.17, 15) is 9.59 Å². The van der Waals surface area contributed by atoms with Crippen molar-refractivity contribution in [2.24, 2.45) is 17.6 Å². The number of rotatable bonds is 7. The summed E-state index contributed by atoms with van der Waals surface area (Å²) in [5.41, 5.74) is 6.21. The maximum atomic E-state index is 12.1. The highest BCUT2D eigenvalue weighted by molar-refractivity contribution is 5.78. The van der Waals surface area contributed by atoms with Crippen LogP contribution < -0.4 is 15.8 Å². The summed E-state index contributed by atoms with van der Waals surface area (Å²) in [7, 11) is 0. The van der Waals surface area contributed by atoms with Gasteiger partial charge in [0.2, 0.25) is 5.91 Å². The summed E-state index contributed by atoms with van der Waals surface area (Å²) >= 11 is 0. The molecule has 0 aliphatic carbocycles. The first-order chi connectivity index (χ1) is 11.9. The number of nitrogens with two attached hydrogens (primary N) is 1. The third-order valence-corrected chi connectivity index (χ3v) is 4.58. The van der Waals surface area contributed by atoms with Gasteiger partial charge in [-0.05, 0) is 30.0 Å². The molecule has 0 unspecified atom stereocenters. The Balaban J connectivity index is 1.79. The molecule has 0 spiro atoms. The van der Waals surface area contributed by atoms with Crippen LogP contribution in [0.25, 0.3) is 0 Å². The molecule has 0 saturated carbocycles. The number of benzene rings is 1. The minimum atomic E-state index is -0.484. The highest BCUT2D eigenvalue weighted by Gasteiger charge is 2.29.